The minimum absolute atomic E-state index is 0.817. The molecule has 1 fully saturated rings. The van der Waals surface area contributed by atoms with E-state index in [1.54, 1.807) is 0 Å². The Balaban J connectivity index is 3.27. The van der Waals surface area contributed by atoms with Gasteiger partial charge in [-0.25, -0.2) is 0 Å². The molecule has 1 aliphatic rings. The maximum atomic E-state index is 14.4. The highest BCUT2D eigenvalue weighted by molar-refractivity contribution is 5.67. The van der Waals surface area contributed by atoms with Crippen LogP contribution in [0.1, 0.15) is 13.8 Å². The summed E-state index contributed by atoms with van der Waals surface area (Å²) in [6.45, 7) is 1.04. The molecule has 126 valence electrons. The molecule has 0 aromatic carbocycles. The molecule has 1 aliphatic heterocycles. The summed E-state index contributed by atoms with van der Waals surface area (Å²) >= 11 is 0. The highest BCUT2D eigenvalue weighted by Gasteiger charge is 2.60. The highest BCUT2D eigenvalue weighted by atomic mass is 19.3. The van der Waals surface area contributed by atoms with Crippen LogP contribution in [0.4, 0.5) is 8.78 Å². The van der Waals surface area contributed by atoms with Crippen LogP contribution in [0.3, 0.4) is 0 Å². The van der Waals surface area contributed by atoms with E-state index in [0.717, 1.165) is 13.8 Å². The van der Waals surface area contributed by atoms with Crippen LogP contribution in [-0.2, 0) is 23.8 Å². The van der Waals surface area contributed by atoms with Crippen LogP contribution in [0.2, 0.25) is 0 Å². The van der Waals surface area contributed by atoms with Gasteiger partial charge in [-0.1, -0.05) is 10.2 Å². The lowest BCUT2D eigenvalue weighted by Gasteiger charge is -2.43. The van der Waals surface area contributed by atoms with Gasteiger partial charge >= 0.3 is 17.9 Å². The molecule has 0 aromatic heterocycles. The van der Waals surface area contributed by atoms with E-state index >= 15 is 0 Å². The fourth-order valence-corrected chi connectivity index (χ4v) is 1.92. The van der Waals surface area contributed by atoms with Gasteiger partial charge in [-0.15, -0.1) is 0 Å². The molecule has 0 bridgehead atoms. The molecule has 0 spiro atoms. The number of esters is 2. The SMILES string of the molecule is CC(=O)OC1O[C@H](CN=[N+]=[N-])C(F)(F)[C@H](OC(C)=O)C1N=[N+]=[N-]. The third kappa shape index (κ3) is 4.42. The fraction of sp³-hybridized carbons (Fsp3) is 0.800. The van der Waals surface area contributed by atoms with Gasteiger partial charge in [-0.3, -0.25) is 9.59 Å². The molecular formula is C10H12F2N6O5. The van der Waals surface area contributed by atoms with E-state index in [1.165, 1.54) is 0 Å². The van der Waals surface area contributed by atoms with Crippen LogP contribution < -0.4 is 0 Å². The largest absolute Gasteiger partial charge is 0.455 e. The van der Waals surface area contributed by atoms with Crippen molar-refractivity contribution in [2.45, 2.75) is 44.3 Å². The van der Waals surface area contributed by atoms with Gasteiger partial charge in [0.15, 0.2) is 6.10 Å². The molecular weight excluding hydrogens is 322 g/mol. The molecule has 0 radical (unpaired) electrons. The number of azide groups is 2. The van der Waals surface area contributed by atoms with Crippen LogP contribution in [0, 0.1) is 0 Å². The topological polar surface area (TPSA) is 159 Å². The Hall–Kier alpha value is -2.62. The van der Waals surface area contributed by atoms with E-state index in [2.05, 4.69) is 29.5 Å². The van der Waals surface area contributed by atoms with E-state index in [4.69, 9.17) is 15.8 Å². The lowest BCUT2D eigenvalue weighted by atomic mass is 9.95. The van der Waals surface area contributed by atoms with Gasteiger partial charge in [-0.2, -0.15) is 8.78 Å². The van der Waals surface area contributed by atoms with E-state index in [-0.39, 0.29) is 0 Å². The normalized spacial score (nSPS) is 28.7. The van der Waals surface area contributed by atoms with Gasteiger partial charge in [0.1, 0.15) is 12.1 Å². The lowest BCUT2D eigenvalue weighted by molar-refractivity contribution is -0.301. The zero-order valence-corrected chi connectivity index (χ0v) is 12.0. The number of ether oxygens (including phenoxy) is 3. The van der Waals surface area contributed by atoms with Crippen molar-refractivity contribution in [3.05, 3.63) is 20.9 Å². The van der Waals surface area contributed by atoms with Crippen molar-refractivity contribution in [1.82, 2.24) is 0 Å². The third-order valence-electron chi connectivity index (χ3n) is 2.77. The maximum Gasteiger partial charge on any atom is 0.310 e. The first-order valence-electron chi connectivity index (χ1n) is 6.16. The molecule has 0 N–H and O–H groups in total. The Morgan fingerprint density at radius 3 is 2.30 bits per heavy atom. The molecule has 4 atom stereocenters. The Morgan fingerprint density at radius 1 is 1.22 bits per heavy atom. The van der Waals surface area contributed by atoms with Crippen molar-refractivity contribution < 1.29 is 32.6 Å². The van der Waals surface area contributed by atoms with E-state index in [1.807, 2.05) is 0 Å². The first-order valence-corrected chi connectivity index (χ1v) is 6.16. The minimum Gasteiger partial charge on any atom is -0.455 e. The van der Waals surface area contributed by atoms with Crippen LogP contribution in [-0.4, -0.2) is 48.9 Å². The fourth-order valence-electron chi connectivity index (χ4n) is 1.92. The monoisotopic (exact) mass is 334 g/mol. The Labute approximate surface area is 127 Å². The number of hydrogen-bond donors (Lipinski definition) is 0. The average molecular weight is 334 g/mol. The molecule has 11 nitrogen and oxygen atoms in total. The lowest BCUT2D eigenvalue weighted by Crippen LogP contribution is -2.63. The van der Waals surface area contributed by atoms with Crippen LogP contribution >= 0.6 is 0 Å². The molecule has 1 rings (SSSR count). The summed E-state index contributed by atoms with van der Waals surface area (Å²) < 4.78 is 42.9. The molecule has 0 saturated carbocycles. The summed E-state index contributed by atoms with van der Waals surface area (Å²) in [4.78, 5) is 26.8. The van der Waals surface area contributed by atoms with Gasteiger partial charge in [0.2, 0.25) is 6.29 Å². The van der Waals surface area contributed by atoms with Gasteiger partial charge in [0, 0.05) is 23.7 Å². The van der Waals surface area contributed by atoms with Crippen molar-refractivity contribution >= 4 is 11.9 Å². The van der Waals surface area contributed by atoms with Crippen molar-refractivity contribution in [3.63, 3.8) is 0 Å². The summed E-state index contributed by atoms with van der Waals surface area (Å²) in [5, 5.41) is 6.06. The highest BCUT2D eigenvalue weighted by Crippen LogP contribution is 2.38. The van der Waals surface area contributed by atoms with E-state index in [9.17, 15) is 18.4 Å². The zero-order valence-electron chi connectivity index (χ0n) is 12.0. The first-order chi connectivity index (χ1) is 10.7. The number of nitrogens with zero attached hydrogens (tertiary/aromatic N) is 6. The minimum atomic E-state index is -3.85. The van der Waals surface area contributed by atoms with Crippen molar-refractivity contribution in [2.24, 2.45) is 10.2 Å². The summed E-state index contributed by atoms with van der Waals surface area (Å²) in [6, 6.07) is -1.81. The molecule has 2 unspecified atom stereocenters. The molecule has 23 heavy (non-hydrogen) atoms. The van der Waals surface area contributed by atoms with Crippen molar-refractivity contribution in [1.29, 1.82) is 0 Å². The number of alkyl halides is 2. The molecule has 0 aromatic rings. The smallest absolute Gasteiger partial charge is 0.310 e. The number of carbonyl (C=O) groups is 2. The van der Waals surface area contributed by atoms with Gasteiger partial charge in [-0.05, 0) is 11.1 Å². The zero-order chi connectivity index (χ0) is 17.6. The van der Waals surface area contributed by atoms with Crippen LogP contribution in [0.5, 0.6) is 0 Å². The molecule has 1 saturated heterocycles. The number of hydrogen-bond acceptors (Lipinski definition) is 7. The number of rotatable bonds is 5. The van der Waals surface area contributed by atoms with Crippen molar-refractivity contribution in [3.8, 4) is 0 Å². The predicted octanol–water partition coefficient (Wildman–Crippen LogP) is 1.83. The summed E-state index contributed by atoms with van der Waals surface area (Å²) in [6.07, 6.45) is -6.03. The second kappa shape index (κ2) is 7.58. The van der Waals surface area contributed by atoms with Gasteiger partial charge < -0.3 is 14.2 Å². The molecule has 1 heterocycles. The summed E-state index contributed by atoms with van der Waals surface area (Å²) in [7, 11) is 0. The maximum absolute atomic E-state index is 14.4. The van der Waals surface area contributed by atoms with Gasteiger partial charge in [0.05, 0.1) is 6.54 Å². The number of halogens is 2. The second-order valence-electron chi connectivity index (χ2n) is 4.42. The number of carbonyl (C=O) groups excluding carboxylic acids is 2. The molecule has 0 amide bonds. The first kappa shape index (κ1) is 18.4. The predicted molar refractivity (Wildman–Crippen MR) is 67.9 cm³/mol. The Kier molecular flexibility index (Phi) is 6.08. The van der Waals surface area contributed by atoms with Crippen LogP contribution in [0.25, 0.3) is 20.9 Å². The molecule has 0 aliphatic carbocycles. The quantitative estimate of drug-likeness (QED) is 0.324. The summed E-state index contributed by atoms with van der Waals surface area (Å²) in [5.74, 6) is -5.82. The van der Waals surface area contributed by atoms with Crippen LogP contribution in [0.15, 0.2) is 10.2 Å². The van der Waals surface area contributed by atoms with Gasteiger partial charge in [0.25, 0.3) is 0 Å². The van der Waals surface area contributed by atoms with Crippen molar-refractivity contribution in [2.75, 3.05) is 6.54 Å². The summed E-state index contributed by atoms with van der Waals surface area (Å²) in [5.41, 5.74) is 16.8. The van der Waals surface area contributed by atoms with E-state index in [0.29, 0.717) is 0 Å². The second-order valence-corrected chi connectivity index (χ2v) is 4.42. The average Bonchev–Trinajstić information content (AvgIpc) is 2.43. The van der Waals surface area contributed by atoms with E-state index < -0.39 is 48.9 Å². The molecule has 13 heteroatoms. The third-order valence-corrected chi connectivity index (χ3v) is 2.77. The standard InChI is InChI=1S/C10H12F2N6O5/c1-4(19)21-8-7(16-18-14)9(22-5(2)20)23-6(3-15-17-13)10(8,11)12/h6-9H,3H2,1-2H3/t6-,7?,8-,9?/m1/s1. The Morgan fingerprint density at radius 2 is 1.83 bits per heavy atom. The Bertz CT molecular complexity index is 574.